The first-order valence-corrected chi connectivity index (χ1v) is 9.13. The highest BCUT2D eigenvalue weighted by molar-refractivity contribution is 5.67. The summed E-state index contributed by atoms with van der Waals surface area (Å²) < 4.78 is 0. The average Bonchev–Trinajstić information content (AvgIpc) is 2.47. The van der Waals surface area contributed by atoms with Crippen LogP contribution in [0.3, 0.4) is 0 Å². The zero-order chi connectivity index (χ0) is 15.8. The summed E-state index contributed by atoms with van der Waals surface area (Å²) in [6.07, 6.45) is 16.0. The zero-order valence-corrected chi connectivity index (χ0v) is 14.1. The molecule has 3 heteroatoms. The van der Waals surface area contributed by atoms with E-state index in [1.54, 1.807) is 0 Å². The predicted molar refractivity (Wildman–Crippen MR) is 87.9 cm³/mol. The smallest absolute Gasteiger partial charge is 0.0445 e. The zero-order valence-electron chi connectivity index (χ0n) is 14.1. The van der Waals surface area contributed by atoms with Gasteiger partial charge in [-0.3, -0.25) is 0 Å². The number of nitrogens with two attached hydrogens (primary N) is 1. The van der Waals surface area contributed by atoms with Crippen molar-refractivity contribution in [2.75, 3.05) is 6.54 Å². The molecule has 0 saturated carbocycles. The molecule has 126 valence electrons. The molecule has 0 fully saturated rings. The van der Waals surface area contributed by atoms with Crippen LogP contribution < -0.4 is 10.8 Å². The lowest BCUT2D eigenvalue weighted by molar-refractivity contribution is -0.312. The summed E-state index contributed by atoms with van der Waals surface area (Å²) in [6.45, 7) is 2.94. The molecule has 0 radical (unpaired) electrons. The summed E-state index contributed by atoms with van der Waals surface area (Å²) >= 11 is 0. The van der Waals surface area contributed by atoms with E-state index in [0.717, 1.165) is 38.5 Å². The molecular weight excluding hydrogens is 262 g/mol. The number of unbranched alkanes of at least 4 members (excludes halogenated alkanes) is 10. The fourth-order valence-corrected chi connectivity index (χ4v) is 2.79. The largest absolute Gasteiger partial charge is 0.550 e. The van der Waals surface area contributed by atoms with Gasteiger partial charge >= 0.3 is 0 Å². The second-order valence-electron chi connectivity index (χ2n) is 6.27. The maximum Gasteiger partial charge on any atom is 0.0445 e. The summed E-state index contributed by atoms with van der Waals surface area (Å²) in [5.74, 6) is -1.10. The van der Waals surface area contributed by atoms with Crippen LogP contribution in [0, 0.1) is 5.92 Å². The van der Waals surface area contributed by atoms with Gasteiger partial charge in [0.2, 0.25) is 0 Å². The molecule has 0 rings (SSSR count). The fraction of sp³-hybridized carbons (Fsp3) is 0.944. The van der Waals surface area contributed by atoms with Gasteiger partial charge in [-0.05, 0) is 31.7 Å². The van der Waals surface area contributed by atoms with Crippen molar-refractivity contribution in [3.05, 3.63) is 0 Å². The van der Waals surface area contributed by atoms with Crippen molar-refractivity contribution in [1.82, 2.24) is 0 Å². The summed E-state index contributed by atoms with van der Waals surface area (Å²) in [5, 5.41) is 11.1. The molecule has 0 aliphatic rings. The van der Waals surface area contributed by atoms with E-state index in [0.29, 0.717) is 6.54 Å². The molecule has 1 atom stereocenters. The van der Waals surface area contributed by atoms with E-state index < -0.39 is 5.97 Å². The normalized spacial score (nSPS) is 12.5. The van der Waals surface area contributed by atoms with Crippen molar-refractivity contribution in [2.45, 2.75) is 96.8 Å². The minimum absolute atomic E-state index is 0.243. The van der Waals surface area contributed by atoms with Crippen LogP contribution >= 0.6 is 0 Å². The molecule has 0 heterocycles. The topological polar surface area (TPSA) is 66.2 Å². The lowest BCUT2D eigenvalue weighted by Crippen LogP contribution is -2.31. The third-order valence-corrected chi connectivity index (χ3v) is 4.25. The van der Waals surface area contributed by atoms with Crippen molar-refractivity contribution >= 4 is 5.97 Å². The Balaban J connectivity index is 3.45. The molecule has 0 aromatic heterocycles. The molecule has 0 aliphatic carbocycles. The van der Waals surface area contributed by atoms with Crippen LogP contribution in [0.5, 0.6) is 0 Å². The lowest BCUT2D eigenvalue weighted by atomic mass is 9.94. The van der Waals surface area contributed by atoms with Crippen LogP contribution in [0.4, 0.5) is 0 Å². The van der Waals surface area contributed by atoms with E-state index >= 15 is 0 Å². The monoisotopic (exact) mass is 298 g/mol. The fourth-order valence-electron chi connectivity index (χ4n) is 2.79. The Hall–Kier alpha value is -0.570. The van der Waals surface area contributed by atoms with Crippen molar-refractivity contribution < 1.29 is 9.90 Å². The molecule has 21 heavy (non-hydrogen) atoms. The van der Waals surface area contributed by atoms with E-state index in [1.165, 1.54) is 51.4 Å². The minimum Gasteiger partial charge on any atom is -0.550 e. The van der Waals surface area contributed by atoms with Crippen LogP contribution in [0.25, 0.3) is 0 Å². The Morgan fingerprint density at radius 3 is 1.67 bits per heavy atom. The van der Waals surface area contributed by atoms with E-state index in [-0.39, 0.29) is 5.92 Å². The first-order valence-electron chi connectivity index (χ1n) is 9.13. The number of hydrogen-bond acceptors (Lipinski definition) is 3. The average molecular weight is 298 g/mol. The first-order chi connectivity index (χ1) is 10.2. The molecule has 1 unspecified atom stereocenters. The summed E-state index contributed by atoms with van der Waals surface area (Å²) in [4.78, 5) is 11.1. The summed E-state index contributed by atoms with van der Waals surface area (Å²) in [5.41, 5.74) is 5.44. The van der Waals surface area contributed by atoms with Gasteiger partial charge in [0.1, 0.15) is 0 Å². The van der Waals surface area contributed by atoms with Crippen molar-refractivity contribution in [2.24, 2.45) is 11.7 Å². The third kappa shape index (κ3) is 14.1. The van der Waals surface area contributed by atoms with Crippen LogP contribution in [-0.4, -0.2) is 12.5 Å². The second kappa shape index (κ2) is 15.8. The van der Waals surface area contributed by atoms with Crippen LogP contribution in [0.15, 0.2) is 0 Å². The van der Waals surface area contributed by atoms with Crippen LogP contribution in [0.1, 0.15) is 96.8 Å². The van der Waals surface area contributed by atoms with Gasteiger partial charge in [0.25, 0.3) is 0 Å². The number of carbonyl (C=O) groups is 1. The Kier molecular flexibility index (Phi) is 15.4. The predicted octanol–water partition coefficient (Wildman–Crippen LogP) is 3.79. The van der Waals surface area contributed by atoms with Gasteiger partial charge < -0.3 is 15.6 Å². The highest BCUT2D eigenvalue weighted by Gasteiger charge is 2.09. The molecule has 0 spiro atoms. The quantitative estimate of drug-likeness (QED) is 0.441. The van der Waals surface area contributed by atoms with E-state index in [2.05, 4.69) is 6.92 Å². The third-order valence-electron chi connectivity index (χ3n) is 4.25. The Labute approximate surface area is 131 Å². The number of carboxylic acids is 1. The highest BCUT2D eigenvalue weighted by Crippen LogP contribution is 2.18. The van der Waals surface area contributed by atoms with Crippen LogP contribution in [-0.2, 0) is 4.79 Å². The summed E-state index contributed by atoms with van der Waals surface area (Å²) in [6, 6.07) is 0. The Bertz CT molecular complexity index is 231. The second-order valence-corrected chi connectivity index (χ2v) is 6.27. The molecule has 0 saturated heterocycles. The first kappa shape index (κ1) is 20.4. The van der Waals surface area contributed by atoms with Crippen molar-refractivity contribution in [3.8, 4) is 0 Å². The van der Waals surface area contributed by atoms with E-state index in [1.807, 2.05) is 0 Å². The molecular formula is C18H36NO2-. The lowest BCUT2D eigenvalue weighted by Gasteiger charge is -2.17. The van der Waals surface area contributed by atoms with E-state index in [9.17, 15) is 9.90 Å². The molecule has 2 N–H and O–H groups in total. The van der Waals surface area contributed by atoms with E-state index in [4.69, 9.17) is 5.73 Å². The Morgan fingerprint density at radius 1 is 0.810 bits per heavy atom. The molecule has 3 nitrogen and oxygen atoms in total. The number of carboxylic acid groups (broad SMARTS) is 1. The van der Waals surface area contributed by atoms with Gasteiger partial charge in [-0.15, -0.1) is 0 Å². The molecule has 0 bridgehead atoms. The van der Waals surface area contributed by atoms with Gasteiger partial charge in [-0.2, -0.15) is 0 Å². The Morgan fingerprint density at radius 2 is 1.24 bits per heavy atom. The van der Waals surface area contributed by atoms with Crippen molar-refractivity contribution in [3.63, 3.8) is 0 Å². The van der Waals surface area contributed by atoms with Gasteiger partial charge in [-0.25, -0.2) is 0 Å². The number of aliphatic carboxylic acids is 1. The van der Waals surface area contributed by atoms with Gasteiger partial charge in [-0.1, -0.05) is 77.6 Å². The van der Waals surface area contributed by atoms with Crippen LogP contribution in [0.2, 0.25) is 0 Å². The minimum atomic E-state index is -0.859. The van der Waals surface area contributed by atoms with Crippen molar-refractivity contribution in [1.29, 1.82) is 0 Å². The summed E-state index contributed by atoms with van der Waals surface area (Å²) in [7, 11) is 0. The van der Waals surface area contributed by atoms with Gasteiger partial charge in [0.05, 0.1) is 0 Å². The number of hydrogen-bond donors (Lipinski definition) is 1. The molecule has 0 aliphatic heterocycles. The standard InChI is InChI=1S/C18H37NO2/c1-2-3-4-5-6-7-8-9-11-14-17(18(20)21)15-12-10-13-16-19/h17H,2-16,19H2,1H3,(H,20,21)/p-1. The molecule has 0 aromatic carbocycles. The maximum atomic E-state index is 11.1. The van der Waals surface area contributed by atoms with Gasteiger partial charge in [0, 0.05) is 5.97 Å². The molecule has 0 aromatic rings. The maximum absolute atomic E-state index is 11.1. The molecule has 0 amide bonds. The number of carbonyl (C=O) groups excluding carboxylic acids is 1. The number of rotatable bonds is 16. The van der Waals surface area contributed by atoms with Gasteiger partial charge in [0.15, 0.2) is 0 Å². The SMILES string of the molecule is CCCCCCCCCCCC(CCCCCN)C(=O)[O-]. The highest BCUT2D eigenvalue weighted by atomic mass is 16.4.